The maximum absolute atomic E-state index is 12.4. The number of aromatic nitrogens is 2. The molecule has 1 unspecified atom stereocenters. The van der Waals surface area contributed by atoms with Crippen molar-refractivity contribution in [1.82, 2.24) is 14.9 Å². The summed E-state index contributed by atoms with van der Waals surface area (Å²) in [5.74, 6) is 1.49. The van der Waals surface area contributed by atoms with Gasteiger partial charge in [-0.2, -0.15) is 0 Å². The lowest BCUT2D eigenvalue weighted by Crippen LogP contribution is -2.40. The lowest BCUT2D eigenvalue weighted by Gasteiger charge is -2.28. The lowest BCUT2D eigenvalue weighted by molar-refractivity contribution is -0.158. The molecule has 0 aliphatic heterocycles. The second-order valence-electron chi connectivity index (χ2n) is 9.58. The number of esters is 1. The molecule has 8 nitrogen and oxygen atoms in total. The van der Waals surface area contributed by atoms with E-state index in [0.29, 0.717) is 37.2 Å². The summed E-state index contributed by atoms with van der Waals surface area (Å²) in [7, 11) is 0. The second kappa shape index (κ2) is 12.1. The third kappa shape index (κ3) is 6.50. The van der Waals surface area contributed by atoms with Crippen molar-refractivity contribution in [3.8, 4) is 17.2 Å². The first-order valence-electron chi connectivity index (χ1n) is 12.9. The summed E-state index contributed by atoms with van der Waals surface area (Å²) in [5, 5.41) is 0. The molecule has 38 heavy (non-hydrogen) atoms. The van der Waals surface area contributed by atoms with Gasteiger partial charge >= 0.3 is 5.97 Å². The van der Waals surface area contributed by atoms with Crippen LogP contribution in [-0.2, 0) is 29.0 Å². The van der Waals surface area contributed by atoms with E-state index in [0.717, 1.165) is 28.8 Å². The Morgan fingerprint density at radius 1 is 1.08 bits per heavy atom. The minimum Gasteiger partial charge on any atom is -0.476 e. The fourth-order valence-corrected chi connectivity index (χ4v) is 4.18. The van der Waals surface area contributed by atoms with Crippen molar-refractivity contribution in [2.45, 2.75) is 65.8 Å². The number of ether oxygens (including phenoxy) is 2. The fraction of sp³-hybridized carbons (Fsp3) is 0.367. The number of benzene rings is 2. The van der Waals surface area contributed by atoms with Gasteiger partial charge in [0.15, 0.2) is 5.60 Å². The summed E-state index contributed by atoms with van der Waals surface area (Å²) < 4.78 is 22.7. The van der Waals surface area contributed by atoms with Crippen LogP contribution in [0.4, 0.5) is 0 Å². The van der Waals surface area contributed by atoms with Crippen molar-refractivity contribution in [2.75, 3.05) is 6.61 Å². The van der Waals surface area contributed by atoms with Crippen LogP contribution in [0.2, 0.25) is 0 Å². The molecule has 0 fully saturated rings. The van der Waals surface area contributed by atoms with E-state index in [1.807, 2.05) is 42.5 Å². The number of carbonyl (C=O) groups is 1. The Hall–Kier alpha value is -3.91. The molecule has 4 aromatic rings. The third-order valence-electron chi connectivity index (χ3n) is 6.36. The predicted octanol–water partition coefficient (Wildman–Crippen LogP) is 6.38. The van der Waals surface area contributed by atoms with Crippen molar-refractivity contribution >= 4 is 5.97 Å². The number of oxazole rings is 2. The van der Waals surface area contributed by atoms with Gasteiger partial charge in [-0.25, -0.2) is 14.8 Å². The van der Waals surface area contributed by atoms with Crippen LogP contribution in [0.3, 0.4) is 0 Å². The largest absolute Gasteiger partial charge is 0.476 e. The van der Waals surface area contributed by atoms with Gasteiger partial charge in [-0.15, -0.1) is 0 Å². The van der Waals surface area contributed by atoms with Gasteiger partial charge in [0.05, 0.1) is 31.1 Å². The van der Waals surface area contributed by atoms with Crippen molar-refractivity contribution in [1.29, 1.82) is 0 Å². The summed E-state index contributed by atoms with van der Waals surface area (Å²) >= 11 is 0. The monoisotopic (exact) mass is 517 g/mol. The van der Waals surface area contributed by atoms with E-state index in [1.165, 1.54) is 0 Å². The quantitative estimate of drug-likeness (QED) is 0.200. The molecular formula is C30H35N3O5. The molecule has 0 amide bonds. The van der Waals surface area contributed by atoms with Crippen LogP contribution in [0.25, 0.3) is 11.5 Å². The summed E-state index contributed by atoms with van der Waals surface area (Å²) in [4.78, 5) is 23.7. The molecule has 8 heteroatoms. The fourth-order valence-electron chi connectivity index (χ4n) is 4.18. The molecule has 0 spiro atoms. The number of nitrogens with zero attached hydrogens (tertiary/aromatic N) is 3. The van der Waals surface area contributed by atoms with Crippen molar-refractivity contribution in [3.05, 3.63) is 90.0 Å². The van der Waals surface area contributed by atoms with Crippen molar-refractivity contribution in [2.24, 2.45) is 0 Å². The summed E-state index contributed by atoms with van der Waals surface area (Å²) in [6, 6.07) is 15.8. The molecule has 0 saturated heterocycles. The molecule has 0 N–H and O–H groups in total. The average molecular weight is 518 g/mol. The number of hydrogen-bond donors (Lipinski definition) is 0. The standard InChI is InChI=1S/C30H35N3O5/c1-6-23-17-22(13-14-26(23)38-30(4,5)29(34)35-7-2)18-33(19-27-31-15-16-36-27)21(3)25-20-37-28(32-25)24-11-9-8-10-12-24/h8-17,20-21H,6-7,18-19H2,1-5H3. The highest BCUT2D eigenvalue weighted by Gasteiger charge is 2.32. The van der Waals surface area contributed by atoms with Gasteiger partial charge in [0.2, 0.25) is 11.8 Å². The zero-order valence-corrected chi connectivity index (χ0v) is 22.6. The topological polar surface area (TPSA) is 90.8 Å². The minimum absolute atomic E-state index is 0.0770. The lowest BCUT2D eigenvalue weighted by atomic mass is 10.0. The normalized spacial score (nSPS) is 12.5. The van der Waals surface area contributed by atoms with Gasteiger partial charge < -0.3 is 18.3 Å². The minimum atomic E-state index is -1.09. The first kappa shape index (κ1) is 27.1. The molecular weight excluding hydrogens is 482 g/mol. The Balaban J connectivity index is 1.57. The van der Waals surface area contributed by atoms with E-state index < -0.39 is 5.60 Å². The summed E-state index contributed by atoms with van der Waals surface area (Å²) in [6.07, 6.45) is 5.69. The smallest absolute Gasteiger partial charge is 0.349 e. The van der Waals surface area contributed by atoms with Gasteiger partial charge in [-0.05, 0) is 63.4 Å². The van der Waals surface area contributed by atoms with E-state index in [2.05, 4.69) is 29.8 Å². The van der Waals surface area contributed by atoms with Crippen LogP contribution in [-0.4, -0.2) is 33.0 Å². The number of hydrogen-bond acceptors (Lipinski definition) is 8. The van der Waals surface area contributed by atoms with Crippen LogP contribution in [0.5, 0.6) is 5.75 Å². The molecule has 2 heterocycles. The molecule has 0 aliphatic carbocycles. The van der Waals surface area contributed by atoms with Gasteiger partial charge in [-0.1, -0.05) is 37.3 Å². The van der Waals surface area contributed by atoms with E-state index in [4.69, 9.17) is 23.3 Å². The predicted molar refractivity (Wildman–Crippen MR) is 143 cm³/mol. The Morgan fingerprint density at radius 3 is 2.55 bits per heavy atom. The SMILES string of the molecule is CCOC(=O)C(C)(C)Oc1ccc(CN(Cc2ncco2)C(C)c2coc(-c3ccccc3)n2)cc1CC. The van der Waals surface area contributed by atoms with Gasteiger partial charge in [0.25, 0.3) is 0 Å². The maximum atomic E-state index is 12.4. The van der Waals surface area contributed by atoms with E-state index in [9.17, 15) is 4.79 Å². The van der Waals surface area contributed by atoms with E-state index >= 15 is 0 Å². The van der Waals surface area contributed by atoms with Crippen molar-refractivity contribution < 1.29 is 23.1 Å². The number of aryl methyl sites for hydroxylation is 1. The molecule has 0 bridgehead atoms. The highest BCUT2D eigenvalue weighted by Crippen LogP contribution is 2.30. The summed E-state index contributed by atoms with van der Waals surface area (Å²) in [6.45, 7) is 10.8. The highest BCUT2D eigenvalue weighted by molar-refractivity contribution is 5.79. The molecule has 2 aromatic carbocycles. The zero-order chi connectivity index (χ0) is 27.1. The average Bonchev–Trinajstić information content (AvgIpc) is 3.62. The summed E-state index contributed by atoms with van der Waals surface area (Å²) in [5.41, 5.74) is 2.77. The Labute approximate surface area is 223 Å². The molecule has 1 atom stereocenters. The first-order valence-corrected chi connectivity index (χ1v) is 12.9. The third-order valence-corrected chi connectivity index (χ3v) is 6.36. The van der Waals surface area contributed by atoms with Crippen LogP contribution < -0.4 is 4.74 Å². The van der Waals surface area contributed by atoms with Crippen LogP contribution in [0.1, 0.15) is 63.4 Å². The molecule has 2 aromatic heterocycles. The zero-order valence-electron chi connectivity index (χ0n) is 22.6. The van der Waals surface area contributed by atoms with Gasteiger partial charge in [0.1, 0.15) is 18.3 Å². The molecule has 0 radical (unpaired) electrons. The van der Waals surface area contributed by atoms with Crippen LogP contribution in [0, 0.1) is 0 Å². The van der Waals surface area contributed by atoms with Crippen LogP contribution in [0.15, 0.2) is 76.1 Å². The van der Waals surface area contributed by atoms with Crippen molar-refractivity contribution in [3.63, 3.8) is 0 Å². The van der Waals surface area contributed by atoms with Crippen LogP contribution >= 0.6 is 0 Å². The Morgan fingerprint density at radius 2 is 1.87 bits per heavy atom. The van der Waals surface area contributed by atoms with E-state index in [1.54, 1.807) is 39.5 Å². The number of carbonyl (C=O) groups excluding carboxylic acids is 1. The molecule has 0 saturated carbocycles. The highest BCUT2D eigenvalue weighted by atomic mass is 16.6. The molecule has 0 aliphatic rings. The van der Waals surface area contributed by atoms with Gasteiger partial charge in [-0.3, -0.25) is 4.90 Å². The maximum Gasteiger partial charge on any atom is 0.349 e. The van der Waals surface area contributed by atoms with Gasteiger partial charge in [0, 0.05) is 12.1 Å². The Bertz CT molecular complexity index is 1310. The number of rotatable bonds is 12. The second-order valence-corrected chi connectivity index (χ2v) is 9.58. The first-order chi connectivity index (χ1) is 18.3. The Kier molecular flexibility index (Phi) is 8.63. The van der Waals surface area contributed by atoms with E-state index in [-0.39, 0.29) is 12.0 Å². The molecule has 200 valence electrons. The molecule has 4 rings (SSSR count).